The van der Waals surface area contributed by atoms with Gasteiger partial charge in [0.1, 0.15) is 12.1 Å². The van der Waals surface area contributed by atoms with Gasteiger partial charge < -0.3 is 5.73 Å². The van der Waals surface area contributed by atoms with Gasteiger partial charge in [-0.2, -0.15) is 0 Å². The van der Waals surface area contributed by atoms with E-state index in [0.717, 1.165) is 22.8 Å². The van der Waals surface area contributed by atoms with Crippen molar-refractivity contribution in [1.29, 1.82) is 0 Å². The molecule has 2 aromatic rings. The van der Waals surface area contributed by atoms with Crippen LogP contribution in [0, 0.1) is 0 Å². The first-order valence-electron chi connectivity index (χ1n) is 5.38. The van der Waals surface area contributed by atoms with Crippen molar-refractivity contribution < 1.29 is 9.59 Å². The molecule has 6 nitrogen and oxygen atoms in total. The number of thioether (sulfide) groups is 1. The molecular formula is C12H8N4O2S. The molecule has 7 heteroatoms. The third-order valence-corrected chi connectivity index (χ3v) is 3.44. The largest absolute Gasteiger partial charge is 0.383 e. The molecule has 3 N–H and O–H groups in total. The Balaban J connectivity index is 2.07. The van der Waals surface area contributed by atoms with E-state index in [-0.39, 0.29) is 11.1 Å². The monoisotopic (exact) mass is 272 g/mol. The fourth-order valence-electron chi connectivity index (χ4n) is 1.76. The molecule has 3 rings (SSSR count). The van der Waals surface area contributed by atoms with Crippen LogP contribution in [0.2, 0.25) is 0 Å². The fraction of sp³-hybridized carbons (Fsp3) is 0. The molecule has 0 unspecified atom stereocenters. The average Bonchev–Trinajstić information content (AvgIpc) is 2.69. The zero-order valence-electron chi connectivity index (χ0n) is 9.58. The molecule has 0 spiro atoms. The van der Waals surface area contributed by atoms with Gasteiger partial charge in [0.2, 0.25) is 0 Å². The first kappa shape index (κ1) is 11.7. The van der Waals surface area contributed by atoms with Crippen LogP contribution in [-0.4, -0.2) is 21.1 Å². The number of aromatic nitrogens is 2. The Labute approximate surface area is 112 Å². The lowest BCUT2D eigenvalue weighted by Crippen LogP contribution is -2.17. The number of hydrogen-bond donors (Lipinski definition) is 2. The van der Waals surface area contributed by atoms with E-state index in [1.54, 1.807) is 24.3 Å². The van der Waals surface area contributed by atoms with E-state index in [4.69, 9.17) is 5.73 Å². The van der Waals surface area contributed by atoms with Crippen LogP contribution in [0.25, 0.3) is 17.0 Å². The Hall–Kier alpha value is -2.41. The highest BCUT2D eigenvalue weighted by atomic mass is 32.2. The van der Waals surface area contributed by atoms with E-state index in [9.17, 15) is 9.59 Å². The fourth-order valence-corrected chi connectivity index (χ4v) is 2.44. The second-order valence-corrected chi connectivity index (χ2v) is 4.90. The summed E-state index contributed by atoms with van der Waals surface area (Å²) < 4.78 is 0. The first-order valence-corrected chi connectivity index (χ1v) is 6.20. The molecule has 1 aliphatic heterocycles. The predicted octanol–water partition coefficient (Wildman–Crippen LogP) is 1.54. The number of nitrogen functional groups attached to an aromatic ring is 1. The van der Waals surface area contributed by atoms with Crippen LogP contribution in [0.5, 0.6) is 0 Å². The van der Waals surface area contributed by atoms with Crippen LogP contribution < -0.4 is 11.1 Å². The lowest BCUT2D eigenvalue weighted by molar-refractivity contribution is -0.115. The normalized spacial score (nSPS) is 17.2. The van der Waals surface area contributed by atoms with E-state index in [1.165, 1.54) is 6.33 Å². The standard InChI is InChI=1S/C12H8N4O2S/c13-10-7-3-6(1-2-8(7)14-5-15-10)4-9-11(17)16-12(18)19-9/h1-5H,(H2,13,14,15)(H,16,17,18). The summed E-state index contributed by atoms with van der Waals surface area (Å²) >= 11 is 0.877. The van der Waals surface area contributed by atoms with E-state index in [0.29, 0.717) is 16.1 Å². The molecule has 1 saturated heterocycles. The summed E-state index contributed by atoms with van der Waals surface area (Å²) in [6, 6.07) is 5.38. The number of nitrogens with one attached hydrogen (secondary N) is 1. The molecule has 0 aliphatic carbocycles. The number of benzene rings is 1. The molecule has 19 heavy (non-hydrogen) atoms. The van der Waals surface area contributed by atoms with Gasteiger partial charge in [0, 0.05) is 5.39 Å². The highest BCUT2D eigenvalue weighted by molar-refractivity contribution is 8.18. The van der Waals surface area contributed by atoms with Crippen molar-refractivity contribution in [2.45, 2.75) is 0 Å². The van der Waals surface area contributed by atoms with Crippen LogP contribution >= 0.6 is 11.8 Å². The minimum atomic E-state index is -0.382. The summed E-state index contributed by atoms with van der Waals surface area (Å²) in [6.45, 7) is 0. The van der Waals surface area contributed by atoms with E-state index in [1.807, 2.05) is 0 Å². The maximum atomic E-state index is 11.4. The molecule has 1 aliphatic rings. The molecule has 1 aromatic heterocycles. The van der Waals surface area contributed by atoms with Gasteiger partial charge in [-0.3, -0.25) is 14.9 Å². The molecule has 0 radical (unpaired) electrons. The van der Waals surface area contributed by atoms with Gasteiger partial charge in [0.15, 0.2) is 0 Å². The zero-order valence-corrected chi connectivity index (χ0v) is 10.4. The first-order chi connectivity index (χ1) is 9.13. The average molecular weight is 272 g/mol. The van der Waals surface area contributed by atoms with Crippen molar-refractivity contribution >= 4 is 45.7 Å². The molecule has 2 amide bonds. The minimum absolute atomic E-state index is 0.361. The highest BCUT2D eigenvalue weighted by Gasteiger charge is 2.24. The maximum Gasteiger partial charge on any atom is 0.290 e. The molecular weight excluding hydrogens is 264 g/mol. The molecule has 1 aromatic carbocycles. The summed E-state index contributed by atoms with van der Waals surface area (Å²) in [6.07, 6.45) is 3.03. The Kier molecular flexibility index (Phi) is 2.68. The molecule has 0 saturated carbocycles. The van der Waals surface area contributed by atoms with Crippen molar-refractivity contribution in [1.82, 2.24) is 15.3 Å². The summed E-state index contributed by atoms with van der Waals surface area (Å²) in [7, 11) is 0. The number of imide groups is 1. The lowest BCUT2D eigenvalue weighted by Gasteiger charge is -2.01. The maximum absolute atomic E-state index is 11.4. The number of amides is 2. The molecule has 1 fully saturated rings. The van der Waals surface area contributed by atoms with Crippen LogP contribution in [0.4, 0.5) is 10.6 Å². The minimum Gasteiger partial charge on any atom is -0.383 e. The van der Waals surface area contributed by atoms with Gasteiger partial charge >= 0.3 is 0 Å². The van der Waals surface area contributed by atoms with E-state index < -0.39 is 0 Å². The molecule has 2 heterocycles. The van der Waals surface area contributed by atoms with Gasteiger partial charge in [-0.15, -0.1) is 0 Å². The van der Waals surface area contributed by atoms with Crippen molar-refractivity contribution in [3.63, 3.8) is 0 Å². The Morgan fingerprint density at radius 1 is 1.26 bits per heavy atom. The third kappa shape index (κ3) is 2.15. The van der Waals surface area contributed by atoms with Crippen LogP contribution in [0.3, 0.4) is 0 Å². The Morgan fingerprint density at radius 3 is 2.84 bits per heavy atom. The van der Waals surface area contributed by atoms with Gasteiger partial charge in [0.25, 0.3) is 11.1 Å². The van der Waals surface area contributed by atoms with Crippen LogP contribution in [0.15, 0.2) is 29.4 Å². The highest BCUT2D eigenvalue weighted by Crippen LogP contribution is 2.27. The number of hydrogen-bond acceptors (Lipinski definition) is 6. The smallest absolute Gasteiger partial charge is 0.290 e. The molecule has 94 valence electrons. The predicted molar refractivity (Wildman–Crippen MR) is 73.1 cm³/mol. The van der Waals surface area contributed by atoms with Gasteiger partial charge in [0.05, 0.1) is 10.4 Å². The Morgan fingerprint density at radius 2 is 2.11 bits per heavy atom. The van der Waals surface area contributed by atoms with Gasteiger partial charge in [-0.1, -0.05) is 6.07 Å². The van der Waals surface area contributed by atoms with Crippen LogP contribution in [-0.2, 0) is 4.79 Å². The third-order valence-electron chi connectivity index (χ3n) is 2.63. The van der Waals surface area contributed by atoms with Crippen molar-refractivity contribution in [3.8, 4) is 0 Å². The zero-order chi connectivity index (χ0) is 13.4. The van der Waals surface area contributed by atoms with Crippen molar-refractivity contribution in [3.05, 3.63) is 35.0 Å². The van der Waals surface area contributed by atoms with E-state index in [2.05, 4.69) is 15.3 Å². The van der Waals surface area contributed by atoms with E-state index >= 15 is 0 Å². The van der Waals surface area contributed by atoms with Gasteiger partial charge in [-0.25, -0.2) is 9.97 Å². The topological polar surface area (TPSA) is 98.0 Å². The quantitative estimate of drug-likeness (QED) is 0.764. The Bertz CT molecular complexity index is 742. The lowest BCUT2D eigenvalue weighted by atomic mass is 10.1. The van der Waals surface area contributed by atoms with Gasteiger partial charge in [-0.05, 0) is 35.5 Å². The summed E-state index contributed by atoms with van der Waals surface area (Å²) in [5, 5.41) is 2.56. The van der Waals surface area contributed by atoms with Crippen molar-refractivity contribution in [2.75, 3.05) is 5.73 Å². The SMILES string of the molecule is Nc1ncnc2ccc(C=C3SC(=O)NC3=O)cc12. The number of fused-ring (bicyclic) bond motifs is 1. The molecule has 0 bridgehead atoms. The van der Waals surface area contributed by atoms with Crippen LogP contribution in [0.1, 0.15) is 5.56 Å². The number of rotatable bonds is 1. The second-order valence-electron chi connectivity index (χ2n) is 3.89. The number of carbonyl (C=O) groups is 2. The summed E-state index contributed by atoms with van der Waals surface area (Å²) in [5.74, 6) is -0.00256. The summed E-state index contributed by atoms with van der Waals surface area (Å²) in [4.78, 5) is 30.9. The number of nitrogens with two attached hydrogens (primary N) is 1. The summed E-state index contributed by atoms with van der Waals surface area (Å²) in [5.41, 5.74) is 7.27. The number of nitrogens with zero attached hydrogens (tertiary/aromatic N) is 2. The number of anilines is 1. The second kappa shape index (κ2) is 4.36. The molecule has 0 atom stereocenters. The van der Waals surface area contributed by atoms with Crippen molar-refractivity contribution in [2.24, 2.45) is 0 Å². The number of carbonyl (C=O) groups excluding carboxylic acids is 2.